The molecule has 0 aliphatic heterocycles. The van der Waals surface area contributed by atoms with Crippen LogP contribution in [0.25, 0.3) is 0 Å². The number of nitrogens with zero attached hydrogens (tertiary/aromatic N) is 9. The van der Waals surface area contributed by atoms with Crippen molar-refractivity contribution in [2.24, 2.45) is 0 Å². The third-order valence-electron chi connectivity index (χ3n) is 9.42. The molecule has 3 aliphatic rings. The smallest absolute Gasteiger partial charge is 0.323 e. The maximum absolute atomic E-state index is 15.3. The van der Waals surface area contributed by atoms with Crippen molar-refractivity contribution in [2.45, 2.75) is 128 Å². The van der Waals surface area contributed by atoms with Gasteiger partial charge in [0.25, 0.3) is 5.78 Å². The zero-order chi connectivity index (χ0) is 28.5. The second kappa shape index (κ2) is 11.6. The molecule has 7 rings (SSSR count). The summed E-state index contributed by atoms with van der Waals surface area (Å²) in [6, 6.07) is 3.59. The third-order valence-corrected chi connectivity index (χ3v) is 9.42. The van der Waals surface area contributed by atoms with Gasteiger partial charge in [-0.25, -0.2) is 0 Å². The van der Waals surface area contributed by atoms with E-state index >= 15 is 4.79 Å². The van der Waals surface area contributed by atoms with E-state index in [-0.39, 0.29) is 11.5 Å². The van der Waals surface area contributed by atoms with Gasteiger partial charge in [-0.15, -0.1) is 15.3 Å². The van der Waals surface area contributed by atoms with E-state index in [0.717, 1.165) is 130 Å². The lowest BCUT2D eigenvalue weighted by Gasteiger charge is -2.35. The first-order valence-electron chi connectivity index (χ1n) is 16.1. The number of carbonyl (C=O) groups is 1. The average Bonchev–Trinajstić information content (AvgIpc) is 3.73. The fourth-order valence-electron chi connectivity index (χ4n) is 7.18. The maximum atomic E-state index is 15.3. The van der Waals surface area contributed by atoms with Crippen molar-refractivity contribution < 1.29 is 9.21 Å². The third kappa shape index (κ3) is 4.61. The van der Waals surface area contributed by atoms with Crippen LogP contribution in [-0.4, -0.2) is 50.8 Å². The molecule has 0 bridgehead atoms. The average molecular weight is 572 g/mol. The maximum Gasteiger partial charge on any atom is 0.323 e. The van der Waals surface area contributed by atoms with E-state index in [0.29, 0.717) is 5.76 Å². The molecule has 0 saturated heterocycles. The summed E-state index contributed by atoms with van der Waals surface area (Å²) in [5, 5.41) is 28.7. The molecule has 0 N–H and O–H groups in total. The highest BCUT2D eigenvalue weighted by molar-refractivity contribution is 5.99. The van der Waals surface area contributed by atoms with Gasteiger partial charge in [0.1, 0.15) is 5.76 Å². The van der Waals surface area contributed by atoms with Crippen LogP contribution in [-0.2, 0) is 44.3 Å². The predicted molar refractivity (Wildman–Crippen MR) is 154 cm³/mol. The Morgan fingerprint density at radius 3 is 1.33 bits per heavy atom. The molecular weight excluding hydrogens is 530 g/mol. The van der Waals surface area contributed by atoms with Gasteiger partial charge in [-0.05, 0) is 96.1 Å². The molecule has 0 amide bonds. The van der Waals surface area contributed by atoms with E-state index in [1.54, 1.807) is 6.07 Å². The van der Waals surface area contributed by atoms with Crippen LogP contribution in [0.4, 0.5) is 0 Å². The Morgan fingerprint density at radius 2 is 0.976 bits per heavy atom. The fraction of sp³-hybridized carbons (Fsp3) is 0.645. The summed E-state index contributed by atoms with van der Waals surface area (Å²) in [7, 11) is 0. The minimum atomic E-state index is -1.65. The summed E-state index contributed by atoms with van der Waals surface area (Å²) < 4.78 is 11.6. The monoisotopic (exact) mass is 571 g/mol. The number of aromatic nitrogens is 9. The van der Waals surface area contributed by atoms with Gasteiger partial charge in [0, 0.05) is 0 Å². The lowest BCUT2D eigenvalue weighted by molar-refractivity contribution is 0.0493. The fourth-order valence-corrected chi connectivity index (χ4v) is 7.18. The van der Waals surface area contributed by atoms with Gasteiger partial charge in [0.2, 0.25) is 0 Å². The predicted octanol–water partition coefficient (Wildman–Crippen LogP) is 4.93. The first-order chi connectivity index (χ1) is 20.7. The summed E-state index contributed by atoms with van der Waals surface area (Å²) in [6.07, 6.45) is 18.0. The van der Waals surface area contributed by atoms with Crippen LogP contribution >= 0.6 is 0 Å². The highest BCUT2D eigenvalue weighted by Gasteiger charge is 2.54. The molecular formula is C31H41N9O2. The Bertz CT molecular complexity index is 1420. The lowest BCUT2D eigenvalue weighted by Crippen LogP contribution is -2.58. The molecule has 11 nitrogen and oxygen atoms in total. The molecule has 11 heteroatoms. The van der Waals surface area contributed by atoms with E-state index in [4.69, 9.17) is 35.4 Å². The molecule has 4 heterocycles. The summed E-state index contributed by atoms with van der Waals surface area (Å²) in [5.41, 5.74) is 5.76. The van der Waals surface area contributed by atoms with Gasteiger partial charge in [0.05, 0.1) is 34.2 Å². The number of ketones is 1. The van der Waals surface area contributed by atoms with E-state index < -0.39 is 5.79 Å². The second-order valence-corrected chi connectivity index (χ2v) is 12.3. The molecule has 0 spiro atoms. The van der Waals surface area contributed by atoms with Crippen LogP contribution in [0.15, 0.2) is 16.5 Å². The van der Waals surface area contributed by atoms with E-state index in [1.165, 1.54) is 19.3 Å². The van der Waals surface area contributed by atoms with Crippen LogP contribution in [0.1, 0.15) is 128 Å². The van der Waals surface area contributed by atoms with Crippen molar-refractivity contribution in [2.75, 3.05) is 0 Å². The standard InChI is InChI=1S/C31H41N9O2/c1-22-20-21-29(42-22)30(41)31(38-26-17-11-5-2-8-14-23(26)32-35-38,39-27-18-12-6-3-9-15-24(27)33-36-39)40-28-19-13-7-4-10-16-25(28)34-37-40/h20-21H,2-19H2,1H3. The minimum Gasteiger partial charge on any atom is -0.458 e. The quantitative estimate of drug-likeness (QED) is 0.309. The Morgan fingerprint density at radius 1 is 0.595 bits per heavy atom. The number of Topliss-reactive ketones (excluding diaryl/α,β-unsaturated/α-hetero) is 1. The minimum absolute atomic E-state index is 0.243. The Balaban J connectivity index is 1.56. The van der Waals surface area contributed by atoms with E-state index in [1.807, 2.05) is 27.0 Å². The largest absolute Gasteiger partial charge is 0.458 e. The molecule has 4 aromatic rings. The Labute approximate surface area is 246 Å². The molecule has 0 unspecified atom stereocenters. The number of rotatable bonds is 5. The number of carbonyl (C=O) groups excluding carboxylic acids is 1. The second-order valence-electron chi connectivity index (χ2n) is 12.3. The van der Waals surface area contributed by atoms with Crippen LogP contribution < -0.4 is 0 Å². The van der Waals surface area contributed by atoms with Crippen molar-refractivity contribution in [1.29, 1.82) is 0 Å². The van der Waals surface area contributed by atoms with Crippen LogP contribution in [0.2, 0.25) is 0 Å². The summed E-state index contributed by atoms with van der Waals surface area (Å²) in [5.74, 6) is -1.02. The van der Waals surface area contributed by atoms with Crippen molar-refractivity contribution >= 4 is 5.78 Å². The van der Waals surface area contributed by atoms with E-state index in [2.05, 4.69) is 0 Å². The first-order valence-corrected chi connectivity index (χ1v) is 16.1. The summed E-state index contributed by atoms with van der Waals surface area (Å²) in [4.78, 5) is 15.3. The number of hydrogen-bond acceptors (Lipinski definition) is 8. The van der Waals surface area contributed by atoms with Gasteiger partial charge in [-0.2, -0.15) is 14.0 Å². The zero-order valence-electron chi connectivity index (χ0n) is 24.7. The van der Waals surface area contributed by atoms with E-state index in [9.17, 15) is 0 Å². The number of furan rings is 1. The van der Waals surface area contributed by atoms with Crippen molar-refractivity contribution in [3.05, 3.63) is 57.8 Å². The van der Waals surface area contributed by atoms with Gasteiger partial charge in [-0.1, -0.05) is 54.2 Å². The molecule has 222 valence electrons. The highest BCUT2D eigenvalue weighted by Crippen LogP contribution is 2.35. The number of fused-ring (bicyclic) bond motifs is 3. The lowest BCUT2D eigenvalue weighted by atomic mass is 9.98. The molecule has 0 radical (unpaired) electrons. The molecule has 0 atom stereocenters. The number of aryl methyl sites for hydroxylation is 4. The molecule has 3 aliphatic carbocycles. The Hall–Kier alpha value is -3.63. The van der Waals surface area contributed by atoms with Crippen molar-refractivity contribution in [3.8, 4) is 0 Å². The van der Waals surface area contributed by atoms with Gasteiger partial charge < -0.3 is 4.42 Å². The highest BCUT2D eigenvalue weighted by atomic mass is 16.3. The van der Waals surface area contributed by atoms with Crippen LogP contribution in [0, 0.1) is 6.92 Å². The molecule has 0 aromatic carbocycles. The number of hydrogen-bond donors (Lipinski definition) is 0. The first kappa shape index (κ1) is 27.2. The SMILES string of the molecule is Cc1ccc(C(=O)C(n2nnc3c2CCCCCC3)(n2nnc3c2CCCCCC3)n2nnc3c2CCCCCC3)o1. The molecule has 42 heavy (non-hydrogen) atoms. The van der Waals surface area contributed by atoms with Crippen LogP contribution in [0.5, 0.6) is 0 Å². The van der Waals surface area contributed by atoms with Crippen molar-refractivity contribution in [3.63, 3.8) is 0 Å². The van der Waals surface area contributed by atoms with Gasteiger partial charge in [0.15, 0.2) is 5.76 Å². The van der Waals surface area contributed by atoms with Gasteiger partial charge >= 0.3 is 5.79 Å². The molecule has 0 fully saturated rings. The molecule has 0 saturated carbocycles. The van der Waals surface area contributed by atoms with Gasteiger partial charge in [-0.3, -0.25) is 4.79 Å². The summed E-state index contributed by atoms with van der Waals surface area (Å²) in [6.45, 7) is 1.86. The summed E-state index contributed by atoms with van der Waals surface area (Å²) >= 11 is 0. The van der Waals surface area contributed by atoms with Crippen molar-refractivity contribution in [1.82, 2.24) is 45.0 Å². The topological polar surface area (TPSA) is 122 Å². The Kier molecular flexibility index (Phi) is 7.50. The normalized spacial score (nSPS) is 18.4. The molecule has 4 aromatic heterocycles. The zero-order valence-corrected chi connectivity index (χ0v) is 24.7. The van der Waals surface area contributed by atoms with Crippen LogP contribution in [0.3, 0.4) is 0 Å².